The number of ether oxygens (including phenoxy) is 1. The lowest BCUT2D eigenvalue weighted by Gasteiger charge is -2.22. The smallest absolute Gasteiger partial charge is 0.408 e. The molecule has 0 saturated carbocycles. The van der Waals surface area contributed by atoms with Crippen LogP contribution in [0, 0.1) is 0 Å². The highest BCUT2D eigenvalue weighted by Crippen LogP contribution is 2.07. The summed E-state index contributed by atoms with van der Waals surface area (Å²) in [6.07, 6.45) is 1.21. The highest BCUT2D eigenvalue weighted by molar-refractivity contribution is 7.98. The topological polar surface area (TPSA) is 87.7 Å². The van der Waals surface area contributed by atoms with Gasteiger partial charge in [-0.3, -0.25) is 4.79 Å². The van der Waals surface area contributed by atoms with Gasteiger partial charge in [0.15, 0.2) is 0 Å². The van der Waals surface area contributed by atoms with Crippen molar-refractivity contribution in [2.45, 2.75) is 32.4 Å². The summed E-state index contributed by atoms with van der Waals surface area (Å²) in [5, 5.41) is 13.6. The highest BCUT2D eigenvalue weighted by Gasteiger charge is 2.23. The van der Waals surface area contributed by atoms with E-state index in [-0.39, 0.29) is 19.1 Å². The first-order chi connectivity index (χ1) is 8.30. The van der Waals surface area contributed by atoms with Gasteiger partial charge in [0.05, 0.1) is 6.61 Å². The minimum atomic E-state index is -0.665. The molecule has 7 heteroatoms. The van der Waals surface area contributed by atoms with E-state index >= 15 is 0 Å². The van der Waals surface area contributed by atoms with E-state index in [0.717, 1.165) is 0 Å². The summed E-state index contributed by atoms with van der Waals surface area (Å²) in [7, 11) is 0. The summed E-state index contributed by atoms with van der Waals surface area (Å²) in [6.45, 7) is 5.29. The maximum Gasteiger partial charge on any atom is 0.408 e. The summed E-state index contributed by atoms with van der Waals surface area (Å²) in [4.78, 5) is 23.2. The quantitative estimate of drug-likeness (QED) is 0.652. The van der Waals surface area contributed by atoms with Crippen molar-refractivity contribution in [2.24, 2.45) is 0 Å². The van der Waals surface area contributed by atoms with Crippen LogP contribution in [0.5, 0.6) is 0 Å². The second-order valence-corrected chi connectivity index (χ2v) is 5.58. The molecule has 0 radical (unpaired) electrons. The number of alkyl carbamates (subject to hydrolysis) is 1. The zero-order chi connectivity index (χ0) is 14.2. The summed E-state index contributed by atoms with van der Waals surface area (Å²) in [6, 6.07) is -0.665. The summed E-state index contributed by atoms with van der Waals surface area (Å²) in [5.41, 5.74) is -0.602. The Kier molecular flexibility index (Phi) is 7.77. The fourth-order valence-electron chi connectivity index (χ4n) is 1.10. The van der Waals surface area contributed by atoms with Gasteiger partial charge in [-0.2, -0.15) is 11.8 Å². The van der Waals surface area contributed by atoms with E-state index in [2.05, 4.69) is 10.6 Å². The van der Waals surface area contributed by atoms with E-state index in [1.807, 2.05) is 6.26 Å². The summed E-state index contributed by atoms with van der Waals surface area (Å²) < 4.78 is 5.08. The van der Waals surface area contributed by atoms with Crippen molar-refractivity contribution in [3.8, 4) is 0 Å². The Morgan fingerprint density at radius 1 is 1.39 bits per heavy atom. The van der Waals surface area contributed by atoms with E-state index in [4.69, 9.17) is 9.84 Å². The molecule has 0 aromatic carbocycles. The third kappa shape index (κ3) is 8.19. The Balaban J connectivity index is 4.34. The molecule has 0 rings (SSSR count). The van der Waals surface area contributed by atoms with Crippen LogP contribution in [-0.2, 0) is 9.53 Å². The highest BCUT2D eigenvalue weighted by atomic mass is 32.2. The standard InChI is InChI=1S/C11H22N2O4S/c1-11(2,3)17-10(16)13-8(7-18-4)9(15)12-5-6-14/h8,14H,5-7H2,1-4H3,(H,12,15)(H,13,16). The Labute approximate surface area is 112 Å². The molecule has 1 atom stereocenters. The van der Waals surface area contributed by atoms with E-state index in [1.165, 1.54) is 11.8 Å². The fourth-order valence-corrected chi connectivity index (χ4v) is 1.67. The molecule has 1 unspecified atom stereocenters. The Hall–Kier alpha value is -0.950. The van der Waals surface area contributed by atoms with Crippen LogP contribution in [0.3, 0.4) is 0 Å². The number of thioether (sulfide) groups is 1. The second kappa shape index (κ2) is 8.20. The van der Waals surface area contributed by atoms with E-state index in [1.54, 1.807) is 20.8 Å². The molecule has 6 nitrogen and oxygen atoms in total. The van der Waals surface area contributed by atoms with Gasteiger partial charge < -0.3 is 20.5 Å². The molecule has 0 bridgehead atoms. The van der Waals surface area contributed by atoms with Crippen LogP contribution in [0.4, 0.5) is 4.79 Å². The summed E-state index contributed by atoms with van der Waals surface area (Å²) >= 11 is 1.44. The molecule has 0 aliphatic heterocycles. The van der Waals surface area contributed by atoms with E-state index < -0.39 is 17.7 Å². The maximum absolute atomic E-state index is 11.7. The normalized spacial score (nSPS) is 12.7. The van der Waals surface area contributed by atoms with Gasteiger partial charge in [-0.1, -0.05) is 0 Å². The van der Waals surface area contributed by atoms with Gasteiger partial charge in [0, 0.05) is 12.3 Å². The van der Waals surface area contributed by atoms with Gasteiger partial charge in [-0.15, -0.1) is 0 Å². The van der Waals surface area contributed by atoms with Gasteiger partial charge >= 0.3 is 6.09 Å². The molecule has 0 fully saturated rings. The molecule has 0 aromatic heterocycles. The number of carbonyl (C=O) groups is 2. The van der Waals surface area contributed by atoms with Crippen molar-refractivity contribution in [3.63, 3.8) is 0 Å². The SMILES string of the molecule is CSCC(NC(=O)OC(C)(C)C)C(=O)NCCO. The lowest BCUT2D eigenvalue weighted by Crippen LogP contribution is -2.50. The number of rotatable bonds is 6. The third-order valence-corrected chi connectivity index (χ3v) is 2.42. The number of carbonyl (C=O) groups excluding carboxylic acids is 2. The fraction of sp³-hybridized carbons (Fsp3) is 0.818. The lowest BCUT2D eigenvalue weighted by atomic mass is 10.2. The number of aliphatic hydroxyl groups excluding tert-OH is 1. The number of nitrogens with one attached hydrogen (secondary N) is 2. The van der Waals surface area contributed by atoms with Crippen molar-refractivity contribution in [1.29, 1.82) is 0 Å². The number of hydrogen-bond acceptors (Lipinski definition) is 5. The first-order valence-electron chi connectivity index (χ1n) is 5.67. The third-order valence-electron chi connectivity index (χ3n) is 1.75. The number of aliphatic hydroxyl groups is 1. The zero-order valence-corrected chi connectivity index (χ0v) is 12.1. The van der Waals surface area contributed by atoms with Crippen molar-refractivity contribution in [1.82, 2.24) is 10.6 Å². The first kappa shape index (κ1) is 17.1. The first-order valence-corrected chi connectivity index (χ1v) is 7.06. The molecule has 2 amide bonds. The van der Waals surface area contributed by atoms with Gasteiger partial charge in [0.25, 0.3) is 0 Å². The molecule has 106 valence electrons. The average molecular weight is 278 g/mol. The molecule has 18 heavy (non-hydrogen) atoms. The van der Waals surface area contributed by atoms with Crippen LogP contribution in [-0.4, -0.2) is 53.9 Å². The van der Waals surface area contributed by atoms with Crippen molar-refractivity contribution in [3.05, 3.63) is 0 Å². The molecular weight excluding hydrogens is 256 g/mol. The van der Waals surface area contributed by atoms with Crippen LogP contribution in [0.2, 0.25) is 0 Å². The largest absolute Gasteiger partial charge is 0.444 e. The monoisotopic (exact) mass is 278 g/mol. The van der Waals surface area contributed by atoms with E-state index in [0.29, 0.717) is 5.75 Å². The Morgan fingerprint density at radius 2 is 2.00 bits per heavy atom. The van der Waals surface area contributed by atoms with Crippen molar-refractivity contribution < 1.29 is 19.4 Å². The van der Waals surface area contributed by atoms with Crippen molar-refractivity contribution in [2.75, 3.05) is 25.2 Å². The molecule has 0 spiro atoms. The molecule has 0 heterocycles. The predicted molar refractivity (Wildman–Crippen MR) is 71.6 cm³/mol. The summed E-state index contributed by atoms with van der Waals surface area (Å²) in [5.74, 6) is 0.112. The van der Waals surface area contributed by atoms with Gasteiger partial charge in [-0.25, -0.2) is 4.79 Å². The van der Waals surface area contributed by atoms with Crippen LogP contribution in [0.1, 0.15) is 20.8 Å². The molecule has 3 N–H and O–H groups in total. The van der Waals surface area contributed by atoms with Crippen LogP contribution in [0.25, 0.3) is 0 Å². The number of hydrogen-bond donors (Lipinski definition) is 3. The second-order valence-electron chi connectivity index (χ2n) is 4.67. The zero-order valence-electron chi connectivity index (χ0n) is 11.3. The van der Waals surface area contributed by atoms with Crippen molar-refractivity contribution >= 4 is 23.8 Å². The lowest BCUT2D eigenvalue weighted by molar-refractivity contribution is -0.122. The minimum absolute atomic E-state index is 0.135. The maximum atomic E-state index is 11.7. The predicted octanol–water partition coefficient (Wildman–Crippen LogP) is 0.351. The molecule has 0 aromatic rings. The van der Waals surface area contributed by atoms with Gasteiger partial charge in [-0.05, 0) is 27.0 Å². The molecule has 0 saturated heterocycles. The number of amides is 2. The van der Waals surface area contributed by atoms with Crippen LogP contribution < -0.4 is 10.6 Å². The minimum Gasteiger partial charge on any atom is -0.444 e. The van der Waals surface area contributed by atoms with Crippen LogP contribution in [0.15, 0.2) is 0 Å². The van der Waals surface area contributed by atoms with E-state index in [9.17, 15) is 9.59 Å². The Bertz CT molecular complexity index is 279. The Morgan fingerprint density at radius 3 is 2.44 bits per heavy atom. The van der Waals surface area contributed by atoms with Gasteiger partial charge in [0.2, 0.25) is 5.91 Å². The molecule has 0 aliphatic rings. The van der Waals surface area contributed by atoms with Crippen LogP contribution >= 0.6 is 11.8 Å². The molecule has 0 aliphatic carbocycles. The molecular formula is C11H22N2O4S. The average Bonchev–Trinajstić information content (AvgIpc) is 2.22. The van der Waals surface area contributed by atoms with Gasteiger partial charge in [0.1, 0.15) is 11.6 Å².